The number of rotatable bonds is 2. The lowest BCUT2D eigenvalue weighted by Gasteiger charge is -2.26. The highest BCUT2D eigenvalue weighted by atomic mass is 35.5. The third-order valence-electron chi connectivity index (χ3n) is 3.60. The van der Waals surface area contributed by atoms with E-state index >= 15 is 0 Å². The fourth-order valence-corrected chi connectivity index (χ4v) is 2.59. The molecule has 2 aromatic carbocycles. The Kier molecular flexibility index (Phi) is 4.48. The summed E-state index contributed by atoms with van der Waals surface area (Å²) in [5.74, 6) is 0.285. The molecule has 118 valence electrons. The molecule has 0 bridgehead atoms. The van der Waals surface area contributed by atoms with E-state index in [0.29, 0.717) is 23.6 Å². The Morgan fingerprint density at radius 1 is 1.09 bits per heavy atom. The number of benzene rings is 2. The first-order chi connectivity index (χ1) is 11.1. The zero-order valence-corrected chi connectivity index (χ0v) is 13.0. The van der Waals surface area contributed by atoms with Crippen LogP contribution in [0.3, 0.4) is 0 Å². The molecule has 0 unspecified atom stereocenters. The molecule has 1 aliphatic rings. The minimum atomic E-state index is -0.536. The average Bonchev–Trinajstić information content (AvgIpc) is 2.55. The first kappa shape index (κ1) is 15.4. The van der Waals surface area contributed by atoms with Gasteiger partial charge in [-0.25, -0.2) is 4.79 Å². The van der Waals surface area contributed by atoms with E-state index in [4.69, 9.17) is 16.3 Å². The maximum Gasteiger partial charge on any atom is 0.322 e. The van der Waals surface area contributed by atoms with Crippen LogP contribution >= 0.6 is 11.6 Å². The molecular weight excluding hydrogens is 316 g/mol. The Labute approximate surface area is 138 Å². The number of hydrogen-bond acceptors (Lipinski definition) is 3. The van der Waals surface area contributed by atoms with Crippen molar-refractivity contribution in [1.29, 1.82) is 0 Å². The summed E-state index contributed by atoms with van der Waals surface area (Å²) < 4.78 is 5.55. The lowest BCUT2D eigenvalue weighted by Crippen LogP contribution is -2.42. The number of hydrogen-bond donors (Lipinski definition) is 2. The predicted octanol–water partition coefficient (Wildman–Crippen LogP) is 3.30. The van der Waals surface area contributed by atoms with Gasteiger partial charge in [0.2, 0.25) is 0 Å². The number of nitrogens with one attached hydrogen (secondary N) is 2. The summed E-state index contributed by atoms with van der Waals surface area (Å²) in [4.78, 5) is 24.1. The van der Waals surface area contributed by atoms with E-state index in [-0.39, 0.29) is 6.04 Å². The molecule has 23 heavy (non-hydrogen) atoms. The molecule has 0 radical (unpaired) electrons. The molecule has 2 aromatic rings. The number of fused-ring (bicyclic) bond motifs is 1. The molecule has 0 saturated carbocycles. The standard InChI is InChI=1S/C17H15ClN2O3/c18-12-7-5-11(6-8-12)16(21)20-17(22)19-14-9-10-23-15-4-2-1-3-13(14)15/h1-8,14H,9-10H2,(H2,19,20,21,22)/t14-/m1/s1. The van der Waals surface area contributed by atoms with Crippen molar-refractivity contribution in [1.82, 2.24) is 10.6 Å². The van der Waals surface area contributed by atoms with E-state index in [1.165, 1.54) is 0 Å². The summed E-state index contributed by atoms with van der Waals surface area (Å²) in [6, 6.07) is 13.1. The van der Waals surface area contributed by atoms with Crippen molar-refractivity contribution in [3.05, 3.63) is 64.7 Å². The monoisotopic (exact) mass is 330 g/mol. The first-order valence-electron chi connectivity index (χ1n) is 7.22. The molecule has 6 heteroatoms. The summed E-state index contributed by atoms with van der Waals surface area (Å²) in [5.41, 5.74) is 1.28. The van der Waals surface area contributed by atoms with Crippen molar-refractivity contribution in [2.45, 2.75) is 12.5 Å². The highest BCUT2D eigenvalue weighted by Crippen LogP contribution is 2.31. The summed E-state index contributed by atoms with van der Waals surface area (Å²) >= 11 is 5.78. The third kappa shape index (κ3) is 3.63. The van der Waals surface area contributed by atoms with Crippen LogP contribution in [0.4, 0.5) is 4.79 Å². The number of para-hydroxylation sites is 1. The number of urea groups is 1. The average molecular weight is 331 g/mol. The van der Waals surface area contributed by atoms with Crippen LogP contribution in [0.25, 0.3) is 0 Å². The second-order valence-corrected chi connectivity index (χ2v) is 5.60. The summed E-state index contributed by atoms with van der Waals surface area (Å²) in [6.45, 7) is 0.521. The van der Waals surface area contributed by atoms with Crippen molar-refractivity contribution in [3.63, 3.8) is 0 Å². The van der Waals surface area contributed by atoms with E-state index < -0.39 is 11.9 Å². The zero-order valence-electron chi connectivity index (χ0n) is 12.2. The molecule has 5 nitrogen and oxygen atoms in total. The van der Waals surface area contributed by atoms with E-state index in [1.807, 2.05) is 24.3 Å². The van der Waals surface area contributed by atoms with Gasteiger partial charge in [0.25, 0.3) is 5.91 Å². The Hall–Kier alpha value is -2.53. The topological polar surface area (TPSA) is 67.4 Å². The van der Waals surface area contributed by atoms with Gasteiger partial charge in [-0.05, 0) is 30.3 Å². The van der Waals surface area contributed by atoms with Crippen LogP contribution < -0.4 is 15.4 Å². The van der Waals surface area contributed by atoms with Gasteiger partial charge < -0.3 is 10.1 Å². The van der Waals surface area contributed by atoms with Crippen LogP contribution in [-0.2, 0) is 0 Å². The first-order valence-corrected chi connectivity index (χ1v) is 7.60. The third-order valence-corrected chi connectivity index (χ3v) is 3.85. The van der Waals surface area contributed by atoms with E-state index in [0.717, 1.165) is 11.3 Å². The van der Waals surface area contributed by atoms with Crippen molar-refractivity contribution >= 4 is 23.5 Å². The zero-order chi connectivity index (χ0) is 16.2. The molecule has 3 amide bonds. The summed E-state index contributed by atoms with van der Waals surface area (Å²) in [7, 11) is 0. The van der Waals surface area contributed by atoms with E-state index in [1.54, 1.807) is 24.3 Å². The fraction of sp³-hybridized carbons (Fsp3) is 0.176. The van der Waals surface area contributed by atoms with Crippen LogP contribution in [-0.4, -0.2) is 18.5 Å². The molecule has 2 N–H and O–H groups in total. The number of amides is 3. The lowest BCUT2D eigenvalue weighted by molar-refractivity contribution is 0.0962. The highest BCUT2D eigenvalue weighted by molar-refractivity contribution is 6.30. The molecule has 1 aliphatic heterocycles. The van der Waals surface area contributed by atoms with Gasteiger partial charge in [0, 0.05) is 22.6 Å². The maximum atomic E-state index is 12.1. The van der Waals surface area contributed by atoms with Crippen molar-refractivity contribution in [3.8, 4) is 5.75 Å². The Morgan fingerprint density at radius 2 is 1.83 bits per heavy atom. The molecular formula is C17H15ClN2O3. The summed E-state index contributed by atoms with van der Waals surface area (Å²) in [6.07, 6.45) is 0.652. The number of carbonyl (C=O) groups is 2. The minimum absolute atomic E-state index is 0.182. The van der Waals surface area contributed by atoms with Gasteiger partial charge in [-0.2, -0.15) is 0 Å². The molecule has 0 fully saturated rings. The second-order valence-electron chi connectivity index (χ2n) is 5.16. The van der Waals surface area contributed by atoms with Gasteiger partial charge in [0.1, 0.15) is 5.75 Å². The highest BCUT2D eigenvalue weighted by Gasteiger charge is 2.23. The Bertz CT molecular complexity index is 731. The number of carbonyl (C=O) groups excluding carboxylic acids is 2. The molecule has 3 rings (SSSR count). The van der Waals surface area contributed by atoms with E-state index in [2.05, 4.69) is 10.6 Å². The van der Waals surface area contributed by atoms with Gasteiger partial charge in [0.15, 0.2) is 0 Å². The smallest absolute Gasteiger partial charge is 0.322 e. The van der Waals surface area contributed by atoms with Crippen LogP contribution in [0.2, 0.25) is 5.02 Å². The van der Waals surface area contributed by atoms with Crippen LogP contribution in [0.15, 0.2) is 48.5 Å². The van der Waals surface area contributed by atoms with Gasteiger partial charge in [-0.15, -0.1) is 0 Å². The van der Waals surface area contributed by atoms with Gasteiger partial charge in [-0.1, -0.05) is 29.8 Å². The Balaban J connectivity index is 1.64. The van der Waals surface area contributed by atoms with E-state index in [9.17, 15) is 9.59 Å². The number of halogens is 1. The Morgan fingerprint density at radius 3 is 2.61 bits per heavy atom. The maximum absolute atomic E-state index is 12.1. The minimum Gasteiger partial charge on any atom is -0.493 e. The number of ether oxygens (including phenoxy) is 1. The summed E-state index contributed by atoms with van der Waals surface area (Å²) in [5, 5.41) is 5.66. The van der Waals surface area contributed by atoms with Crippen LogP contribution in [0, 0.1) is 0 Å². The second kappa shape index (κ2) is 6.71. The molecule has 0 spiro atoms. The van der Waals surface area contributed by atoms with Gasteiger partial charge >= 0.3 is 6.03 Å². The predicted molar refractivity (Wildman–Crippen MR) is 86.7 cm³/mol. The van der Waals surface area contributed by atoms with Crippen LogP contribution in [0.5, 0.6) is 5.75 Å². The number of imide groups is 1. The quantitative estimate of drug-likeness (QED) is 0.887. The fourth-order valence-electron chi connectivity index (χ4n) is 2.46. The van der Waals surface area contributed by atoms with Gasteiger partial charge in [0.05, 0.1) is 12.6 Å². The molecule has 0 aliphatic carbocycles. The molecule has 1 atom stereocenters. The SMILES string of the molecule is O=C(NC(=O)c1ccc(Cl)cc1)N[C@@H]1CCOc2ccccc21. The lowest BCUT2D eigenvalue weighted by atomic mass is 10.0. The van der Waals surface area contributed by atoms with Gasteiger partial charge in [-0.3, -0.25) is 10.1 Å². The normalized spacial score (nSPS) is 16.0. The van der Waals surface area contributed by atoms with Crippen molar-refractivity contribution < 1.29 is 14.3 Å². The molecule has 0 aromatic heterocycles. The largest absolute Gasteiger partial charge is 0.493 e. The molecule has 1 heterocycles. The van der Waals surface area contributed by atoms with Crippen LogP contribution in [0.1, 0.15) is 28.4 Å². The molecule has 0 saturated heterocycles. The van der Waals surface area contributed by atoms with Crippen molar-refractivity contribution in [2.24, 2.45) is 0 Å². The van der Waals surface area contributed by atoms with Crippen molar-refractivity contribution in [2.75, 3.05) is 6.61 Å².